The smallest absolute Gasteiger partial charge is 0.264 e. The number of hydrogen-bond acceptors (Lipinski definition) is 3. The highest BCUT2D eigenvalue weighted by Crippen LogP contribution is 2.26. The molecule has 9 heteroatoms. The molecule has 3 aromatic rings. The lowest BCUT2D eigenvalue weighted by Crippen LogP contribution is -2.38. The number of para-hydroxylation sites is 1. The molecule has 0 aliphatic carbocycles. The van der Waals surface area contributed by atoms with E-state index in [9.17, 15) is 22.0 Å². The monoisotopic (exact) mass is 494 g/mol. The van der Waals surface area contributed by atoms with Gasteiger partial charge in [-0.3, -0.25) is 9.10 Å². The van der Waals surface area contributed by atoms with E-state index >= 15 is 0 Å². The molecule has 3 rings (SSSR count). The molecule has 0 saturated carbocycles. The Kier molecular flexibility index (Phi) is 6.52. The Bertz CT molecular complexity index is 1150. The maximum atomic E-state index is 13.9. The highest BCUT2D eigenvalue weighted by molar-refractivity contribution is 9.10. The van der Waals surface area contributed by atoms with Crippen molar-refractivity contribution in [3.63, 3.8) is 0 Å². The number of halogens is 3. The first-order valence-corrected chi connectivity index (χ1v) is 11.0. The van der Waals surface area contributed by atoms with Gasteiger partial charge in [0.05, 0.1) is 10.6 Å². The predicted octanol–water partition coefficient (Wildman–Crippen LogP) is 4.87. The van der Waals surface area contributed by atoms with E-state index in [0.29, 0.717) is 0 Å². The quantitative estimate of drug-likeness (QED) is 0.531. The number of carbonyl (C=O) groups is 1. The molecule has 0 saturated heterocycles. The standard InChI is InChI=1S/C21H17BrF2N2O3S/c1-14-5-11-17(12-6-14)30(28,29)26(16-9-7-15(22)8-10-16)13-20(27)25-21-18(23)3-2-4-19(21)24/h2-12H,13H2,1H3,(H,25,27). The minimum Gasteiger partial charge on any atom is -0.320 e. The number of nitrogens with zero attached hydrogens (tertiary/aromatic N) is 1. The van der Waals surface area contributed by atoms with Crippen LogP contribution in [-0.2, 0) is 14.8 Å². The van der Waals surface area contributed by atoms with Gasteiger partial charge in [0.25, 0.3) is 10.0 Å². The van der Waals surface area contributed by atoms with Gasteiger partial charge in [0, 0.05) is 4.47 Å². The molecule has 0 heterocycles. The Morgan fingerprint density at radius 2 is 1.53 bits per heavy atom. The van der Waals surface area contributed by atoms with E-state index in [1.165, 1.54) is 24.3 Å². The van der Waals surface area contributed by atoms with Crippen LogP contribution in [0.1, 0.15) is 5.56 Å². The van der Waals surface area contributed by atoms with Gasteiger partial charge < -0.3 is 5.32 Å². The Balaban J connectivity index is 1.96. The van der Waals surface area contributed by atoms with Crippen LogP contribution in [-0.4, -0.2) is 20.9 Å². The average Bonchev–Trinajstić information content (AvgIpc) is 2.70. The van der Waals surface area contributed by atoms with E-state index in [1.54, 1.807) is 24.3 Å². The maximum absolute atomic E-state index is 13.9. The van der Waals surface area contributed by atoms with Gasteiger partial charge in [0.15, 0.2) is 0 Å². The van der Waals surface area contributed by atoms with Crippen LogP contribution < -0.4 is 9.62 Å². The number of benzene rings is 3. The lowest BCUT2D eigenvalue weighted by molar-refractivity contribution is -0.114. The van der Waals surface area contributed by atoms with Crippen molar-refractivity contribution in [2.45, 2.75) is 11.8 Å². The van der Waals surface area contributed by atoms with Crippen molar-refractivity contribution in [1.82, 2.24) is 0 Å². The van der Waals surface area contributed by atoms with Crippen LogP contribution in [0.2, 0.25) is 0 Å². The molecule has 1 amide bonds. The Morgan fingerprint density at radius 1 is 0.967 bits per heavy atom. The highest BCUT2D eigenvalue weighted by Gasteiger charge is 2.27. The summed E-state index contributed by atoms with van der Waals surface area (Å²) in [5, 5.41) is 2.12. The fourth-order valence-electron chi connectivity index (χ4n) is 2.69. The summed E-state index contributed by atoms with van der Waals surface area (Å²) >= 11 is 3.28. The molecule has 0 aromatic heterocycles. The fraction of sp³-hybridized carbons (Fsp3) is 0.0952. The minimum atomic E-state index is -4.12. The number of carbonyl (C=O) groups excluding carboxylic acids is 1. The molecule has 1 N–H and O–H groups in total. The molecule has 0 aliphatic rings. The molecule has 0 atom stereocenters. The number of rotatable bonds is 6. The van der Waals surface area contributed by atoms with Crippen LogP contribution in [0, 0.1) is 18.6 Å². The van der Waals surface area contributed by atoms with Crippen LogP contribution >= 0.6 is 15.9 Å². The van der Waals surface area contributed by atoms with E-state index in [2.05, 4.69) is 21.2 Å². The minimum absolute atomic E-state index is 0.0131. The van der Waals surface area contributed by atoms with Gasteiger partial charge in [-0.05, 0) is 55.5 Å². The molecule has 5 nitrogen and oxygen atoms in total. The molecular formula is C21H17BrF2N2O3S. The fourth-order valence-corrected chi connectivity index (χ4v) is 4.37. The third-order valence-corrected chi connectivity index (χ3v) is 6.55. The molecule has 0 bridgehead atoms. The van der Waals surface area contributed by atoms with E-state index in [-0.39, 0.29) is 10.6 Å². The van der Waals surface area contributed by atoms with Crippen molar-refractivity contribution in [1.29, 1.82) is 0 Å². The number of aryl methyl sites for hydroxylation is 1. The van der Waals surface area contributed by atoms with E-state index in [0.717, 1.165) is 32.5 Å². The second-order valence-corrected chi connectivity index (χ2v) is 9.22. The zero-order valence-corrected chi connectivity index (χ0v) is 18.2. The molecule has 0 unspecified atom stereocenters. The molecule has 3 aromatic carbocycles. The SMILES string of the molecule is Cc1ccc(S(=O)(=O)N(CC(=O)Nc2c(F)cccc2F)c2ccc(Br)cc2)cc1. The van der Waals surface area contributed by atoms with Crippen molar-refractivity contribution in [3.05, 3.63) is 88.4 Å². The lowest BCUT2D eigenvalue weighted by atomic mass is 10.2. The summed E-state index contributed by atoms with van der Waals surface area (Å²) in [5.41, 5.74) is 0.464. The van der Waals surface area contributed by atoms with Gasteiger partial charge in [-0.25, -0.2) is 17.2 Å². The lowest BCUT2D eigenvalue weighted by Gasteiger charge is -2.24. The van der Waals surface area contributed by atoms with Gasteiger partial charge in [0.1, 0.15) is 23.9 Å². The summed E-state index contributed by atoms with van der Waals surface area (Å²) in [7, 11) is -4.12. The second-order valence-electron chi connectivity index (χ2n) is 6.45. The largest absolute Gasteiger partial charge is 0.320 e. The summed E-state index contributed by atoms with van der Waals surface area (Å²) in [4.78, 5) is 12.5. The van der Waals surface area contributed by atoms with Gasteiger partial charge in [0.2, 0.25) is 5.91 Å². The first kappa shape index (κ1) is 21.9. The van der Waals surface area contributed by atoms with E-state index in [1.807, 2.05) is 6.92 Å². The van der Waals surface area contributed by atoms with Crippen LogP contribution in [0.15, 0.2) is 76.1 Å². The van der Waals surface area contributed by atoms with Crippen molar-refractivity contribution >= 4 is 43.2 Å². The zero-order chi connectivity index (χ0) is 21.9. The summed E-state index contributed by atoms with van der Waals surface area (Å²) in [6.45, 7) is 1.14. The molecule has 0 spiro atoms. The van der Waals surface area contributed by atoms with E-state index in [4.69, 9.17) is 0 Å². The van der Waals surface area contributed by atoms with Crippen LogP contribution in [0.3, 0.4) is 0 Å². The Morgan fingerprint density at radius 3 is 2.10 bits per heavy atom. The van der Waals surface area contributed by atoms with Crippen molar-refractivity contribution in [3.8, 4) is 0 Å². The Labute approximate surface area is 181 Å². The highest BCUT2D eigenvalue weighted by atomic mass is 79.9. The third kappa shape index (κ3) is 4.85. The van der Waals surface area contributed by atoms with E-state index < -0.39 is 39.8 Å². The molecule has 0 fully saturated rings. The van der Waals surface area contributed by atoms with Crippen molar-refractivity contribution < 1.29 is 22.0 Å². The summed E-state index contributed by atoms with van der Waals surface area (Å²) < 4.78 is 55.8. The van der Waals surface area contributed by atoms with Gasteiger partial charge in [-0.15, -0.1) is 0 Å². The summed E-state index contributed by atoms with van der Waals surface area (Å²) in [5.74, 6) is -2.81. The number of amides is 1. The van der Waals surface area contributed by atoms with Gasteiger partial charge in [-0.1, -0.05) is 39.7 Å². The van der Waals surface area contributed by atoms with Gasteiger partial charge >= 0.3 is 0 Å². The maximum Gasteiger partial charge on any atom is 0.264 e. The second kappa shape index (κ2) is 8.93. The number of sulfonamides is 1. The van der Waals surface area contributed by atoms with Crippen molar-refractivity contribution in [2.75, 3.05) is 16.2 Å². The first-order chi connectivity index (χ1) is 14.2. The summed E-state index contributed by atoms with van der Waals surface area (Å²) in [6.07, 6.45) is 0. The predicted molar refractivity (Wildman–Crippen MR) is 115 cm³/mol. The molecule has 0 aliphatic heterocycles. The van der Waals surface area contributed by atoms with Crippen LogP contribution in [0.5, 0.6) is 0 Å². The van der Waals surface area contributed by atoms with Gasteiger partial charge in [-0.2, -0.15) is 0 Å². The normalized spacial score (nSPS) is 11.2. The molecule has 156 valence electrons. The Hall–Kier alpha value is -2.78. The first-order valence-electron chi connectivity index (χ1n) is 8.77. The molecule has 0 radical (unpaired) electrons. The zero-order valence-electron chi connectivity index (χ0n) is 15.8. The molecular weight excluding hydrogens is 478 g/mol. The average molecular weight is 495 g/mol. The summed E-state index contributed by atoms with van der Waals surface area (Å²) in [6, 6.07) is 15.6. The van der Waals surface area contributed by atoms with Crippen LogP contribution in [0.4, 0.5) is 20.2 Å². The molecule has 30 heavy (non-hydrogen) atoms. The number of hydrogen-bond donors (Lipinski definition) is 1. The number of anilines is 2. The van der Waals surface area contributed by atoms with Crippen LogP contribution in [0.25, 0.3) is 0 Å². The third-order valence-electron chi connectivity index (χ3n) is 4.24. The topological polar surface area (TPSA) is 66.5 Å². The number of nitrogens with one attached hydrogen (secondary N) is 1. The van der Waals surface area contributed by atoms with Crippen molar-refractivity contribution in [2.24, 2.45) is 0 Å².